The smallest absolute Gasteiger partial charge is 0.335 e. The highest BCUT2D eigenvalue weighted by Crippen LogP contribution is 2.08. The third kappa shape index (κ3) is 4.08. The maximum atomic E-state index is 11.9. The Hall–Kier alpha value is -2.83. The van der Waals surface area contributed by atoms with E-state index in [1.165, 1.54) is 12.1 Å². The van der Waals surface area contributed by atoms with E-state index in [0.29, 0.717) is 5.82 Å². The SMILES string of the molecule is CCCn1nccc1NC(=O)NCc1cccc(C(=O)O)c1. The molecule has 116 valence electrons. The topological polar surface area (TPSA) is 96.3 Å². The molecule has 2 rings (SSSR count). The van der Waals surface area contributed by atoms with Gasteiger partial charge in [-0.05, 0) is 24.1 Å². The molecule has 0 aliphatic heterocycles. The average Bonchev–Trinajstić information content (AvgIpc) is 2.93. The van der Waals surface area contributed by atoms with Crippen molar-refractivity contribution in [3.8, 4) is 0 Å². The van der Waals surface area contributed by atoms with Gasteiger partial charge in [0.2, 0.25) is 0 Å². The fourth-order valence-corrected chi connectivity index (χ4v) is 1.99. The van der Waals surface area contributed by atoms with Gasteiger partial charge in [-0.15, -0.1) is 0 Å². The van der Waals surface area contributed by atoms with Crippen molar-refractivity contribution in [2.24, 2.45) is 0 Å². The Morgan fingerprint density at radius 1 is 1.32 bits per heavy atom. The van der Waals surface area contributed by atoms with E-state index in [4.69, 9.17) is 5.11 Å². The summed E-state index contributed by atoms with van der Waals surface area (Å²) in [6.45, 7) is 3.00. The lowest BCUT2D eigenvalue weighted by atomic mass is 10.1. The van der Waals surface area contributed by atoms with E-state index in [1.54, 1.807) is 29.1 Å². The second kappa shape index (κ2) is 7.26. The summed E-state index contributed by atoms with van der Waals surface area (Å²) in [4.78, 5) is 22.8. The molecular formula is C15H18N4O3. The van der Waals surface area contributed by atoms with Crippen LogP contribution in [-0.2, 0) is 13.1 Å². The molecule has 0 saturated heterocycles. The third-order valence-electron chi connectivity index (χ3n) is 3.02. The first kappa shape index (κ1) is 15.6. The number of anilines is 1. The lowest BCUT2D eigenvalue weighted by Gasteiger charge is -2.09. The van der Waals surface area contributed by atoms with Crippen molar-refractivity contribution in [3.63, 3.8) is 0 Å². The summed E-state index contributed by atoms with van der Waals surface area (Å²) in [5.74, 6) is -0.367. The highest BCUT2D eigenvalue weighted by molar-refractivity contribution is 5.89. The molecule has 3 N–H and O–H groups in total. The van der Waals surface area contributed by atoms with E-state index in [2.05, 4.69) is 15.7 Å². The summed E-state index contributed by atoms with van der Waals surface area (Å²) in [6.07, 6.45) is 2.54. The molecule has 1 aromatic carbocycles. The molecule has 7 nitrogen and oxygen atoms in total. The number of aromatic carboxylic acids is 1. The largest absolute Gasteiger partial charge is 0.478 e. The van der Waals surface area contributed by atoms with Gasteiger partial charge in [0, 0.05) is 19.2 Å². The predicted octanol–water partition coefficient (Wildman–Crippen LogP) is 2.31. The minimum absolute atomic E-state index is 0.195. The number of amides is 2. The zero-order valence-corrected chi connectivity index (χ0v) is 12.2. The summed E-state index contributed by atoms with van der Waals surface area (Å²) in [7, 11) is 0. The van der Waals surface area contributed by atoms with Gasteiger partial charge in [-0.2, -0.15) is 5.10 Å². The summed E-state index contributed by atoms with van der Waals surface area (Å²) in [5.41, 5.74) is 0.915. The van der Waals surface area contributed by atoms with E-state index in [0.717, 1.165) is 18.5 Å². The fourth-order valence-electron chi connectivity index (χ4n) is 1.99. The number of nitrogens with zero attached hydrogens (tertiary/aromatic N) is 2. The van der Waals surface area contributed by atoms with Crippen molar-refractivity contribution >= 4 is 17.8 Å². The molecule has 1 heterocycles. The summed E-state index contributed by atoms with van der Waals surface area (Å²) in [5, 5.41) is 18.5. The second-order valence-corrected chi connectivity index (χ2v) is 4.75. The van der Waals surface area contributed by atoms with Crippen LogP contribution in [0.5, 0.6) is 0 Å². The molecule has 0 saturated carbocycles. The van der Waals surface area contributed by atoms with Gasteiger partial charge < -0.3 is 10.4 Å². The molecule has 2 amide bonds. The number of urea groups is 1. The number of aryl methyl sites for hydroxylation is 1. The average molecular weight is 302 g/mol. The number of benzene rings is 1. The monoisotopic (exact) mass is 302 g/mol. The standard InChI is InChI=1S/C15H18N4O3/c1-2-8-19-13(6-7-17-19)18-15(22)16-10-11-4-3-5-12(9-11)14(20)21/h3-7,9H,2,8,10H2,1H3,(H,20,21)(H2,16,18,22). The lowest BCUT2D eigenvalue weighted by molar-refractivity contribution is 0.0696. The van der Waals surface area contributed by atoms with Gasteiger partial charge in [-0.3, -0.25) is 5.32 Å². The van der Waals surface area contributed by atoms with Crippen molar-refractivity contribution in [2.45, 2.75) is 26.4 Å². The van der Waals surface area contributed by atoms with Gasteiger partial charge >= 0.3 is 12.0 Å². The maximum Gasteiger partial charge on any atom is 0.335 e. The van der Waals surface area contributed by atoms with Crippen LogP contribution in [0.1, 0.15) is 29.3 Å². The number of aromatic nitrogens is 2. The fraction of sp³-hybridized carbons (Fsp3) is 0.267. The van der Waals surface area contributed by atoms with Gasteiger partial charge in [0.1, 0.15) is 5.82 Å². The summed E-state index contributed by atoms with van der Waals surface area (Å²) >= 11 is 0. The number of hydrogen-bond donors (Lipinski definition) is 3. The van der Waals surface area contributed by atoms with Crippen molar-refractivity contribution in [3.05, 3.63) is 47.7 Å². The Kier molecular flexibility index (Phi) is 5.13. The Morgan fingerprint density at radius 2 is 2.14 bits per heavy atom. The van der Waals surface area contributed by atoms with Crippen molar-refractivity contribution in [1.82, 2.24) is 15.1 Å². The molecule has 0 radical (unpaired) electrons. The molecule has 22 heavy (non-hydrogen) atoms. The van der Waals surface area contributed by atoms with Gasteiger partial charge in [-0.25, -0.2) is 14.3 Å². The highest BCUT2D eigenvalue weighted by atomic mass is 16.4. The van der Waals surface area contributed by atoms with Crippen LogP contribution in [0.3, 0.4) is 0 Å². The molecule has 0 aliphatic carbocycles. The van der Waals surface area contributed by atoms with Crippen molar-refractivity contribution in [1.29, 1.82) is 0 Å². The number of hydrogen-bond acceptors (Lipinski definition) is 3. The molecule has 0 aliphatic rings. The predicted molar refractivity (Wildman–Crippen MR) is 81.8 cm³/mol. The van der Waals surface area contributed by atoms with E-state index < -0.39 is 5.97 Å². The molecule has 0 spiro atoms. The van der Waals surface area contributed by atoms with Gasteiger partial charge in [0.25, 0.3) is 0 Å². The highest BCUT2D eigenvalue weighted by Gasteiger charge is 2.07. The van der Waals surface area contributed by atoms with Gasteiger partial charge in [0.15, 0.2) is 0 Å². The number of rotatable bonds is 6. The first-order valence-electron chi connectivity index (χ1n) is 6.99. The zero-order valence-electron chi connectivity index (χ0n) is 12.2. The van der Waals surface area contributed by atoms with Crippen LogP contribution in [0.4, 0.5) is 10.6 Å². The molecule has 0 atom stereocenters. The van der Waals surface area contributed by atoms with Crippen LogP contribution in [0.15, 0.2) is 36.5 Å². The number of carbonyl (C=O) groups is 2. The van der Waals surface area contributed by atoms with E-state index in [1.807, 2.05) is 6.92 Å². The van der Waals surface area contributed by atoms with Crippen LogP contribution in [0.2, 0.25) is 0 Å². The van der Waals surface area contributed by atoms with E-state index in [9.17, 15) is 9.59 Å². The Labute approximate surface area is 128 Å². The van der Waals surface area contributed by atoms with Crippen LogP contribution in [-0.4, -0.2) is 26.9 Å². The number of carboxylic acids is 1. The minimum atomic E-state index is -0.991. The first-order chi connectivity index (χ1) is 10.6. The molecule has 0 unspecified atom stereocenters. The van der Waals surface area contributed by atoms with Crippen LogP contribution in [0.25, 0.3) is 0 Å². The first-order valence-corrected chi connectivity index (χ1v) is 6.99. The molecule has 0 bridgehead atoms. The molecule has 7 heteroatoms. The maximum absolute atomic E-state index is 11.9. The molecule has 1 aromatic heterocycles. The number of nitrogens with one attached hydrogen (secondary N) is 2. The molecular weight excluding hydrogens is 284 g/mol. The third-order valence-corrected chi connectivity index (χ3v) is 3.02. The lowest BCUT2D eigenvalue weighted by Crippen LogP contribution is -2.29. The second-order valence-electron chi connectivity index (χ2n) is 4.75. The summed E-state index contributed by atoms with van der Waals surface area (Å²) < 4.78 is 1.71. The quantitative estimate of drug-likeness (QED) is 0.763. The van der Waals surface area contributed by atoms with Gasteiger partial charge in [0.05, 0.1) is 11.8 Å². The normalized spacial score (nSPS) is 10.2. The van der Waals surface area contributed by atoms with Crippen molar-refractivity contribution in [2.75, 3.05) is 5.32 Å². The van der Waals surface area contributed by atoms with Crippen molar-refractivity contribution < 1.29 is 14.7 Å². The minimum Gasteiger partial charge on any atom is -0.478 e. The molecule has 2 aromatic rings. The van der Waals surface area contributed by atoms with Crippen LogP contribution in [0, 0.1) is 0 Å². The number of carbonyl (C=O) groups excluding carboxylic acids is 1. The van der Waals surface area contributed by atoms with E-state index in [-0.39, 0.29) is 18.1 Å². The van der Waals surface area contributed by atoms with E-state index >= 15 is 0 Å². The molecule has 0 fully saturated rings. The van der Waals surface area contributed by atoms with Crippen LogP contribution >= 0.6 is 0 Å². The zero-order chi connectivity index (χ0) is 15.9. The Morgan fingerprint density at radius 3 is 2.86 bits per heavy atom. The Bertz CT molecular complexity index is 666. The van der Waals surface area contributed by atoms with Gasteiger partial charge in [-0.1, -0.05) is 19.1 Å². The number of carboxylic acid groups (broad SMARTS) is 1. The summed E-state index contributed by atoms with van der Waals surface area (Å²) in [6, 6.07) is 7.81. The van der Waals surface area contributed by atoms with Crippen LogP contribution < -0.4 is 10.6 Å². The Balaban J connectivity index is 1.91.